The summed E-state index contributed by atoms with van der Waals surface area (Å²) in [6.45, 7) is 3.55. The smallest absolute Gasteiger partial charge is 0.462 e. The average molecular weight is 835 g/mol. The standard InChI is InChI=1S/C49H87O8P/c1-3-5-7-9-11-13-15-17-19-21-22-23-24-25-26-28-29-31-33-35-37-39-41-43-48(50)55-45-47(46-56-58(52,53)54)57-49(51)44-42-40-38-36-34-32-30-27-20-18-16-14-12-10-8-6-4-2/h6,8,12,14,18,20,30,32,36,38,47H,3-5,7,9-11,13,15-17,19,21-29,31,33-35,37,39-46H2,1-2H3,(H2,52,53,54)/b8-6-,14-12-,20-18-,32-30-,38-36-. The minimum absolute atomic E-state index is 0.133. The molecule has 0 saturated carbocycles. The first-order valence-corrected chi connectivity index (χ1v) is 25.1. The lowest BCUT2D eigenvalue weighted by atomic mass is 10.0. The van der Waals surface area contributed by atoms with Crippen molar-refractivity contribution in [2.24, 2.45) is 0 Å². The van der Waals surface area contributed by atoms with Crippen LogP contribution in [0.15, 0.2) is 60.8 Å². The summed E-state index contributed by atoms with van der Waals surface area (Å²) >= 11 is 0. The van der Waals surface area contributed by atoms with Gasteiger partial charge in [-0.15, -0.1) is 0 Å². The summed E-state index contributed by atoms with van der Waals surface area (Å²) in [5, 5.41) is 0. The molecule has 0 saturated heterocycles. The quantitative estimate of drug-likeness (QED) is 0.0270. The third-order valence-corrected chi connectivity index (χ3v) is 10.5. The molecule has 1 atom stereocenters. The summed E-state index contributed by atoms with van der Waals surface area (Å²) in [6.07, 6.45) is 56.8. The lowest BCUT2D eigenvalue weighted by Crippen LogP contribution is -2.29. The van der Waals surface area contributed by atoms with Gasteiger partial charge in [-0.1, -0.05) is 216 Å². The summed E-state index contributed by atoms with van der Waals surface area (Å²) in [5.74, 6) is -0.948. The van der Waals surface area contributed by atoms with Crippen LogP contribution in [0.5, 0.6) is 0 Å². The molecule has 0 aliphatic heterocycles. The molecule has 0 aliphatic carbocycles. The number of hydrogen-bond acceptors (Lipinski definition) is 6. The van der Waals surface area contributed by atoms with E-state index in [2.05, 4.69) is 73.1 Å². The lowest BCUT2D eigenvalue weighted by molar-refractivity contribution is -0.161. The van der Waals surface area contributed by atoms with Gasteiger partial charge in [0.15, 0.2) is 6.10 Å². The third kappa shape index (κ3) is 46.4. The van der Waals surface area contributed by atoms with Crippen molar-refractivity contribution in [3.63, 3.8) is 0 Å². The fourth-order valence-electron chi connectivity index (χ4n) is 6.59. The van der Waals surface area contributed by atoms with Gasteiger partial charge in [-0.05, 0) is 51.4 Å². The monoisotopic (exact) mass is 835 g/mol. The van der Waals surface area contributed by atoms with Crippen LogP contribution in [0.25, 0.3) is 0 Å². The van der Waals surface area contributed by atoms with Crippen molar-refractivity contribution < 1.29 is 37.9 Å². The van der Waals surface area contributed by atoms with Crippen LogP contribution in [-0.4, -0.2) is 41.0 Å². The number of phosphoric acid groups is 1. The molecule has 0 rings (SSSR count). The maximum absolute atomic E-state index is 12.4. The second-order valence-corrected chi connectivity index (χ2v) is 16.9. The van der Waals surface area contributed by atoms with Crippen LogP contribution in [-0.2, 0) is 28.2 Å². The number of ether oxygens (including phenoxy) is 2. The SMILES string of the molecule is CC/C=C\C/C=C\C/C=C\C/C=C\C/C=C\CCCC(=O)OC(COC(=O)CCCCCCCCCCCCCCCCCCCCCCCCC)COP(=O)(O)O. The number of hydrogen-bond donors (Lipinski definition) is 2. The Hall–Kier alpha value is -2.25. The summed E-state index contributed by atoms with van der Waals surface area (Å²) in [5.41, 5.74) is 0. The van der Waals surface area contributed by atoms with E-state index in [0.717, 1.165) is 51.4 Å². The second kappa shape index (κ2) is 44.3. The Bertz CT molecular complexity index is 1120. The Labute approximate surface area is 356 Å². The van der Waals surface area contributed by atoms with Crippen LogP contribution in [0, 0.1) is 0 Å². The van der Waals surface area contributed by atoms with Gasteiger partial charge in [0.1, 0.15) is 6.61 Å². The predicted molar refractivity (Wildman–Crippen MR) is 244 cm³/mol. The largest absolute Gasteiger partial charge is 0.469 e. The summed E-state index contributed by atoms with van der Waals surface area (Å²) in [7, 11) is -4.77. The molecule has 0 spiro atoms. The van der Waals surface area contributed by atoms with Crippen molar-refractivity contribution in [3.8, 4) is 0 Å². The molecule has 0 radical (unpaired) electrons. The van der Waals surface area contributed by atoms with E-state index in [0.29, 0.717) is 12.8 Å². The Morgan fingerprint density at radius 3 is 1.22 bits per heavy atom. The van der Waals surface area contributed by atoms with Crippen molar-refractivity contribution in [1.29, 1.82) is 0 Å². The number of esters is 2. The molecule has 0 aromatic carbocycles. The average Bonchev–Trinajstić information content (AvgIpc) is 3.20. The van der Waals surface area contributed by atoms with Gasteiger partial charge in [-0.2, -0.15) is 0 Å². The van der Waals surface area contributed by atoms with Crippen LogP contribution < -0.4 is 0 Å². The normalized spacial score (nSPS) is 13.0. The highest BCUT2D eigenvalue weighted by atomic mass is 31.2. The van der Waals surface area contributed by atoms with E-state index >= 15 is 0 Å². The zero-order valence-corrected chi connectivity index (χ0v) is 38.1. The number of carbonyl (C=O) groups is 2. The number of allylic oxidation sites excluding steroid dienone is 10. The zero-order valence-electron chi connectivity index (χ0n) is 37.2. The Kier molecular flexibility index (Phi) is 42.6. The lowest BCUT2D eigenvalue weighted by Gasteiger charge is -2.18. The molecule has 0 heterocycles. The molecule has 0 fully saturated rings. The predicted octanol–water partition coefficient (Wildman–Crippen LogP) is 14.9. The van der Waals surface area contributed by atoms with Gasteiger partial charge in [-0.3, -0.25) is 14.1 Å². The van der Waals surface area contributed by atoms with E-state index < -0.39 is 32.5 Å². The van der Waals surface area contributed by atoms with E-state index in [9.17, 15) is 14.2 Å². The van der Waals surface area contributed by atoms with E-state index in [1.807, 2.05) is 6.08 Å². The molecule has 58 heavy (non-hydrogen) atoms. The Morgan fingerprint density at radius 1 is 0.466 bits per heavy atom. The highest BCUT2D eigenvalue weighted by molar-refractivity contribution is 7.46. The van der Waals surface area contributed by atoms with Crippen molar-refractivity contribution in [2.75, 3.05) is 13.2 Å². The highest BCUT2D eigenvalue weighted by Crippen LogP contribution is 2.36. The summed E-state index contributed by atoms with van der Waals surface area (Å²) in [6, 6.07) is 0. The maximum Gasteiger partial charge on any atom is 0.469 e. The van der Waals surface area contributed by atoms with Crippen molar-refractivity contribution >= 4 is 19.8 Å². The van der Waals surface area contributed by atoms with Gasteiger partial charge in [0.25, 0.3) is 0 Å². The van der Waals surface area contributed by atoms with Gasteiger partial charge in [0, 0.05) is 12.8 Å². The van der Waals surface area contributed by atoms with Gasteiger partial charge in [-0.25, -0.2) is 4.57 Å². The third-order valence-electron chi connectivity index (χ3n) is 10.1. The summed E-state index contributed by atoms with van der Waals surface area (Å²) in [4.78, 5) is 42.9. The molecule has 0 bridgehead atoms. The van der Waals surface area contributed by atoms with Crippen LogP contribution in [0.1, 0.15) is 219 Å². The van der Waals surface area contributed by atoms with Gasteiger partial charge in [0.2, 0.25) is 0 Å². The van der Waals surface area contributed by atoms with Gasteiger partial charge >= 0.3 is 19.8 Å². The van der Waals surface area contributed by atoms with Crippen LogP contribution in [0.2, 0.25) is 0 Å². The first-order valence-electron chi connectivity index (χ1n) is 23.6. The molecule has 0 amide bonds. The van der Waals surface area contributed by atoms with E-state index in [1.54, 1.807) is 0 Å². The van der Waals surface area contributed by atoms with E-state index in [-0.39, 0.29) is 19.4 Å². The van der Waals surface area contributed by atoms with Crippen LogP contribution in [0.4, 0.5) is 0 Å². The first-order chi connectivity index (χ1) is 28.3. The van der Waals surface area contributed by atoms with Crippen molar-refractivity contribution in [2.45, 2.75) is 225 Å². The molecule has 0 aliphatic rings. The Balaban J connectivity index is 3.88. The molecular weight excluding hydrogens is 748 g/mol. The zero-order chi connectivity index (χ0) is 42.5. The van der Waals surface area contributed by atoms with Crippen molar-refractivity contribution in [1.82, 2.24) is 0 Å². The molecule has 0 aromatic rings. The van der Waals surface area contributed by atoms with E-state index in [4.69, 9.17) is 19.3 Å². The van der Waals surface area contributed by atoms with Crippen LogP contribution in [0.3, 0.4) is 0 Å². The van der Waals surface area contributed by atoms with Gasteiger partial charge in [0.05, 0.1) is 6.61 Å². The van der Waals surface area contributed by atoms with Gasteiger partial charge < -0.3 is 19.3 Å². The molecule has 2 N–H and O–H groups in total. The molecule has 0 aromatic heterocycles. The molecule has 1 unspecified atom stereocenters. The first kappa shape index (κ1) is 55.8. The van der Waals surface area contributed by atoms with Crippen molar-refractivity contribution in [3.05, 3.63) is 60.8 Å². The number of unbranched alkanes of at least 4 members (excludes halogenated alkanes) is 23. The molecule has 9 heteroatoms. The number of carbonyl (C=O) groups excluding carboxylic acids is 2. The number of phosphoric ester groups is 1. The van der Waals surface area contributed by atoms with E-state index in [1.165, 1.54) is 128 Å². The summed E-state index contributed by atoms with van der Waals surface area (Å²) < 4.78 is 26.4. The topological polar surface area (TPSA) is 119 Å². The minimum Gasteiger partial charge on any atom is -0.462 e. The molecule has 8 nitrogen and oxygen atoms in total. The maximum atomic E-state index is 12.4. The molecular formula is C49H87O8P. The highest BCUT2D eigenvalue weighted by Gasteiger charge is 2.22. The fourth-order valence-corrected chi connectivity index (χ4v) is 6.95. The minimum atomic E-state index is -4.77. The Morgan fingerprint density at radius 2 is 0.828 bits per heavy atom. The molecule has 336 valence electrons. The second-order valence-electron chi connectivity index (χ2n) is 15.7. The fraction of sp³-hybridized carbons (Fsp3) is 0.755. The number of rotatable bonds is 43. The van der Waals surface area contributed by atoms with Crippen LogP contribution >= 0.6 is 7.82 Å².